The second-order valence-corrected chi connectivity index (χ2v) is 5.47. The lowest BCUT2D eigenvalue weighted by molar-refractivity contribution is -0.688. The summed E-state index contributed by atoms with van der Waals surface area (Å²) in [5.74, 6) is 0. The molecule has 0 N–H and O–H groups in total. The van der Waals surface area contributed by atoms with E-state index in [1.165, 1.54) is 11.1 Å². The fraction of sp³-hybridized carbons (Fsp3) is 0.176. The highest BCUT2D eigenvalue weighted by atomic mass is 79.9. The van der Waals surface area contributed by atoms with E-state index in [4.69, 9.17) is 11.6 Å². The van der Waals surface area contributed by atoms with Gasteiger partial charge in [-0.3, -0.25) is 0 Å². The number of hydrogen-bond acceptors (Lipinski definition) is 1. The number of rotatable bonds is 2. The summed E-state index contributed by atoms with van der Waals surface area (Å²) in [6, 6.07) is 12.3. The second-order valence-electron chi connectivity index (χ2n) is 5.11. The molecule has 2 heterocycles. The van der Waals surface area contributed by atoms with Crippen LogP contribution in [0.15, 0.2) is 48.8 Å². The SMILES string of the molecule is Cc1cc[n+](Cc2cc3ccccc3nc2Cl)cc1C.[Br-]. The number of para-hydroxylation sites is 1. The number of aryl methyl sites for hydroxylation is 2. The largest absolute Gasteiger partial charge is 1.00 e. The highest BCUT2D eigenvalue weighted by Crippen LogP contribution is 2.20. The molecular weight excluding hydrogens is 348 g/mol. The van der Waals surface area contributed by atoms with Crippen molar-refractivity contribution in [1.29, 1.82) is 0 Å². The maximum Gasteiger partial charge on any atom is 0.176 e. The summed E-state index contributed by atoms with van der Waals surface area (Å²) in [5, 5.41) is 1.70. The maximum absolute atomic E-state index is 6.30. The summed E-state index contributed by atoms with van der Waals surface area (Å²) in [5.41, 5.74) is 4.55. The number of nitrogens with zero attached hydrogens (tertiary/aromatic N) is 2. The molecule has 2 aromatic heterocycles. The molecule has 0 radical (unpaired) electrons. The van der Waals surface area contributed by atoms with E-state index in [1.54, 1.807) is 0 Å². The Labute approximate surface area is 140 Å². The summed E-state index contributed by atoms with van der Waals surface area (Å²) < 4.78 is 2.14. The molecule has 0 aliphatic rings. The molecule has 0 aliphatic carbocycles. The van der Waals surface area contributed by atoms with Crippen LogP contribution in [0, 0.1) is 13.8 Å². The van der Waals surface area contributed by atoms with Crippen molar-refractivity contribution in [3.8, 4) is 0 Å². The van der Waals surface area contributed by atoms with Gasteiger partial charge in [-0.15, -0.1) is 0 Å². The molecule has 0 saturated carbocycles. The molecule has 0 saturated heterocycles. The molecule has 0 atom stereocenters. The Hall–Kier alpha value is -1.45. The van der Waals surface area contributed by atoms with E-state index < -0.39 is 0 Å². The van der Waals surface area contributed by atoms with Crippen molar-refractivity contribution in [3.05, 3.63) is 70.6 Å². The van der Waals surface area contributed by atoms with Crippen LogP contribution in [0.5, 0.6) is 0 Å². The highest BCUT2D eigenvalue weighted by molar-refractivity contribution is 6.30. The van der Waals surface area contributed by atoms with E-state index in [1.807, 2.05) is 18.2 Å². The average molecular weight is 364 g/mol. The number of fused-ring (bicyclic) bond motifs is 1. The average Bonchev–Trinajstić information content (AvgIpc) is 2.44. The van der Waals surface area contributed by atoms with Crippen LogP contribution in [0.3, 0.4) is 0 Å². The monoisotopic (exact) mass is 362 g/mol. The van der Waals surface area contributed by atoms with Crippen LogP contribution in [0.1, 0.15) is 16.7 Å². The molecule has 108 valence electrons. The van der Waals surface area contributed by atoms with Crippen LogP contribution in [0.4, 0.5) is 0 Å². The van der Waals surface area contributed by atoms with Gasteiger partial charge in [0.05, 0.1) is 11.1 Å². The van der Waals surface area contributed by atoms with Crippen LogP contribution in [-0.4, -0.2) is 4.98 Å². The quantitative estimate of drug-likeness (QED) is 0.487. The van der Waals surface area contributed by atoms with Crippen molar-refractivity contribution in [2.45, 2.75) is 20.4 Å². The van der Waals surface area contributed by atoms with E-state index in [0.717, 1.165) is 23.0 Å². The zero-order valence-corrected chi connectivity index (χ0v) is 14.3. The molecule has 0 unspecified atom stereocenters. The summed E-state index contributed by atoms with van der Waals surface area (Å²) in [6.07, 6.45) is 4.22. The van der Waals surface area contributed by atoms with E-state index in [2.05, 4.69) is 54.0 Å². The first kappa shape index (κ1) is 15.9. The molecular formula is C17H16BrClN2. The predicted octanol–water partition coefficient (Wildman–Crippen LogP) is 0.845. The summed E-state index contributed by atoms with van der Waals surface area (Å²) in [7, 11) is 0. The molecule has 0 fully saturated rings. The second kappa shape index (κ2) is 6.54. The molecule has 0 bridgehead atoms. The van der Waals surface area contributed by atoms with Crippen molar-refractivity contribution in [2.75, 3.05) is 0 Å². The Bertz CT molecular complexity index is 787. The van der Waals surface area contributed by atoms with Gasteiger partial charge in [0.15, 0.2) is 18.9 Å². The molecule has 3 aromatic rings. The van der Waals surface area contributed by atoms with Crippen LogP contribution in [0.25, 0.3) is 10.9 Å². The van der Waals surface area contributed by atoms with Gasteiger partial charge in [-0.25, -0.2) is 9.55 Å². The van der Waals surface area contributed by atoms with Crippen molar-refractivity contribution in [1.82, 2.24) is 4.98 Å². The molecule has 4 heteroatoms. The zero-order chi connectivity index (χ0) is 14.1. The predicted molar refractivity (Wildman–Crippen MR) is 82.0 cm³/mol. The first-order valence-electron chi connectivity index (χ1n) is 6.64. The number of halogens is 2. The smallest absolute Gasteiger partial charge is 0.176 e. The van der Waals surface area contributed by atoms with Gasteiger partial charge in [0.25, 0.3) is 0 Å². The van der Waals surface area contributed by atoms with Crippen LogP contribution in [0.2, 0.25) is 5.15 Å². The summed E-state index contributed by atoms with van der Waals surface area (Å²) in [4.78, 5) is 4.46. The molecule has 3 rings (SSSR count). The lowest BCUT2D eigenvalue weighted by Crippen LogP contribution is -3.00. The molecule has 0 spiro atoms. The minimum atomic E-state index is 0. The van der Waals surface area contributed by atoms with Crippen molar-refractivity contribution < 1.29 is 21.5 Å². The molecule has 21 heavy (non-hydrogen) atoms. The van der Waals surface area contributed by atoms with Gasteiger partial charge in [-0.1, -0.05) is 29.8 Å². The van der Waals surface area contributed by atoms with Crippen LogP contribution in [-0.2, 0) is 6.54 Å². The Kier molecular flexibility index (Phi) is 4.96. The molecule has 1 aromatic carbocycles. The topological polar surface area (TPSA) is 16.8 Å². The fourth-order valence-corrected chi connectivity index (χ4v) is 2.48. The Morgan fingerprint density at radius 2 is 1.86 bits per heavy atom. The normalized spacial score (nSPS) is 10.4. The first-order valence-corrected chi connectivity index (χ1v) is 7.02. The third-order valence-corrected chi connectivity index (χ3v) is 3.93. The van der Waals surface area contributed by atoms with Crippen molar-refractivity contribution in [3.63, 3.8) is 0 Å². The van der Waals surface area contributed by atoms with Gasteiger partial charge in [-0.2, -0.15) is 0 Å². The highest BCUT2D eigenvalue weighted by Gasteiger charge is 2.10. The third-order valence-electron chi connectivity index (χ3n) is 3.60. The van der Waals surface area contributed by atoms with Crippen LogP contribution >= 0.6 is 11.6 Å². The number of hydrogen-bond donors (Lipinski definition) is 0. The van der Waals surface area contributed by atoms with Gasteiger partial charge in [-0.05, 0) is 31.5 Å². The maximum atomic E-state index is 6.30. The van der Waals surface area contributed by atoms with Gasteiger partial charge >= 0.3 is 0 Å². The summed E-state index contributed by atoms with van der Waals surface area (Å²) >= 11 is 6.30. The van der Waals surface area contributed by atoms with Crippen LogP contribution < -0.4 is 21.5 Å². The Balaban J connectivity index is 0.00000161. The lowest BCUT2D eigenvalue weighted by atomic mass is 10.1. The van der Waals surface area contributed by atoms with E-state index in [0.29, 0.717) is 5.15 Å². The van der Waals surface area contributed by atoms with Gasteiger partial charge in [0.2, 0.25) is 0 Å². The summed E-state index contributed by atoms with van der Waals surface area (Å²) in [6.45, 7) is 4.97. The Morgan fingerprint density at radius 3 is 2.62 bits per heavy atom. The minimum absolute atomic E-state index is 0. The fourth-order valence-electron chi connectivity index (χ4n) is 2.27. The number of aromatic nitrogens is 2. The van der Waals surface area contributed by atoms with Gasteiger partial charge < -0.3 is 17.0 Å². The first-order chi connectivity index (χ1) is 9.63. The van der Waals surface area contributed by atoms with E-state index in [9.17, 15) is 0 Å². The number of benzene rings is 1. The standard InChI is InChI=1S/C17H16ClN2.BrH/c1-12-7-8-20(10-13(12)2)11-15-9-14-5-3-4-6-16(14)19-17(15)18;/h3-10H,11H2,1-2H3;1H/q+1;/p-1. The lowest BCUT2D eigenvalue weighted by Gasteiger charge is -2.05. The van der Waals surface area contributed by atoms with Crippen molar-refractivity contribution in [2.24, 2.45) is 0 Å². The van der Waals surface area contributed by atoms with Gasteiger partial charge in [0, 0.05) is 17.0 Å². The van der Waals surface area contributed by atoms with E-state index in [-0.39, 0.29) is 17.0 Å². The number of pyridine rings is 2. The van der Waals surface area contributed by atoms with E-state index >= 15 is 0 Å². The minimum Gasteiger partial charge on any atom is -1.00 e. The molecule has 2 nitrogen and oxygen atoms in total. The molecule has 0 aliphatic heterocycles. The molecule has 0 amide bonds. The third kappa shape index (κ3) is 3.42. The Morgan fingerprint density at radius 1 is 1.10 bits per heavy atom. The van der Waals surface area contributed by atoms with Gasteiger partial charge in [0.1, 0.15) is 5.15 Å². The van der Waals surface area contributed by atoms with Crippen molar-refractivity contribution >= 4 is 22.5 Å². The zero-order valence-electron chi connectivity index (χ0n) is 12.0.